The number of hydrogen-bond donors (Lipinski definition) is 1. The topological polar surface area (TPSA) is 73.6 Å². The highest BCUT2D eigenvalue weighted by atomic mass is 79.9. The molecule has 0 amide bonds. The van der Waals surface area contributed by atoms with E-state index in [1.807, 2.05) is 6.92 Å². The minimum atomic E-state index is -1.06. The Morgan fingerprint density at radius 3 is 2.50 bits per heavy atom. The van der Waals surface area contributed by atoms with Crippen molar-refractivity contribution in [1.29, 1.82) is 0 Å². The highest BCUT2D eigenvalue weighted by Gasteiger charge is 2.22. The summed E-state index contributed by atoms with van der Waals surface area (Å²) in [5.41, 5.74) is 2.47. The van der Waals surface area contributed by atoms with Crippen LogP contribution in [0.25, 0.3) is 11.3 Å². The molecule has 0 unspecified atom stereocenters. The Kier molecular flexibility index (Phi) is 4.75. The van der Waals surface area contributed by atoms with Gasteiger partial charge in [-0.3, -0.25) is 4.68 Å². The van der Waals surface area contributed by atoms with E-state index >= 15 is 0 Å². The number of methoxy groups -OCH3 is 2. The summed E-state index contributed by atoms with van der Waals surface area (Å²) >= 11 is 3.54. The molecular formula is C15H17BrN2O4. The molecule has 0 radical (unpaired) electrons. The third-order valence-electron chi connectivity index (χ3n) is 3.43. The molecule has 0 saturated carbocycles. The van der Waals surface area contributed by atoms with Crippen molar-refractivity contribution in [3.63, 3.8) is 0 Å². The van der Waals surface area contributed by atoms with E-state index in [1.54, 1.807) is 38.1 Å². The molecule has 6 nitrogen and oxygen atoms in total. The third kappa shape index (κ3) is 2.68. The first-order valence-corrected chi connectivity index (χ1v) is 7.44. The Labute approximate surface area is 136 Å². The van der Waals surface area contributed by atoms with Gasteiger partial charge in [0.2, 0.25) is 0 Å². The fourth-order valence-corrected chi connectivity index (χ4v) is 3.10. The van der Waals surface area contributed by atoms with Crippen LogP contribution in [-0.4, -0.2) is 35.1 Å². The second kappa shape index (κ2) is 6.39. The number of hydrogen-bond acceptors (Lipinski definition) is 4. The lowest BCUT2D eigenvalue weighted by Crippen LogP contribution is -2.02. The minimum Gasteiger partial charge on any atom is -0.493 e. The molecule has 0 aliphatic rings. The molecule has 1 aromatic heterocycles. The molecule has 1 N–H and O–H groups in total. The van der Waals surface area contributed by atoms with E-state index in [-0.39, 0.29) is 5.69 Å². The zero-order valence-electron chi connectivity index (χ0n) is 12.8. The van der Waals surface area contributed by atoms with Crippen LogP contribution in [0.5, 0.6) is 11.5 Å². The summed E-state index contributed by atoms with van der Waals surface area (Å²) in [7, 11) is 4.88. The minimum absolute atomic E-state index is 0.00115. The molecule has 0 aliphatic heterocycles. The number of carboxylic acids is 1. The van der Waals surface area contributed by atoms with Crippen molar-refractivity contribution in [3.8, 4) is 22.8 Å². The Balaban J connectivity index is 2.77. The molecule has 1 heterocycles. The molecule has 0 saturated heterocycles. The first kappa shape index (κ1) is 16.4. The van der Waals surface area contributed by atoms with Crippen LogP contribution in [0.1, 0.15) is 23.0 Å². The molecule has 2 rings (SSSR count). The zero-order valence-corrected chi connectivity index (χ0v) is 14.4. The van der Waals surface area contributed by atoms with Crippen LogP contribution in [0, 0.1) is 0 Å². The lowest BCUT2D eigenvalue weighted by molar-refractivity contribution is 0.0689. The largest absolute Gasteiger partial charge is 0.493 e. The molecular weight excluding hydrogens is 352 g/mol. The van der Waals surface area contributed by atoms with E-state index in [2.05, 4.69) is 21.0 Å². The summed E-state index contributed by atoms with van der Waals surface area (Å²) < 4.78 is 13.2. The van der Waals surface area contributed by atoms with Gasteiger partial charge in [0.25, 0.3) is 0 Å². The van der Waals surface area contributed by atoms with Gasteiger partial charge >= 0.3 is 5.97 Å². The van der Waals surface area contributed by atoms with Crippen LogP contribution in [0.3, 0.4) is 0 Å². The Hall–Kier alpha value is -2.02. The monoisotopic (exact) mass is 368 g/mol. The van der Waals surface area contributed by atoms with Crippen molar-refractivity contribution < 1.29 is 19.4 Å². The smallest absolute Gasteiger partial charge is 0.356 e. The number of aromatic nitrogens is 2. The maximum absolute atomic E-state index is 11.1. The van der Waals surface area contributed by atoms with Crippen molar-refractivity contribution in [3.05, 3.63) is 27.9 Å². The van der Waals surface area contributed by atoms with Gasteiger partial charge in [0.15, 0.2) is 17.2 Å². The summed E-state index contributed by atoms with van der Waals surface area (Å²) in [6, 6.07) is 3.36. The number of carboxylic acid groups (broad SMARTS) is 1. The van der Waals surface area contributed by atoms with Crippen LogP contribution in [-0.2, 0) is 13.5 Å². The maximum Gasteiger partial charge on any atom is 0.356 e. The van der Waals surface area contributed by atoms with Gasteiger partial charge in [0.1, 0.15) is 0 Å². The fraction of sp³-hybridized carbons (Fsp3) is 0.333. The first-order valence-electron chi connectivity index (χ1n) is 6.65. The number of aromatic carboxylic acids is 1. The molecule has 0 bridgehead atoms. The molecule has 0 atom stereocenters. The number of benzene rings is 1. The quantitative estimate of drug-likeness (QED) is 0.877. The molecule has 7 heteroatoms. The lowest BCUT2D eigenvalue weighted by atomic mass is 10.00. The highest BCUT2D eigenvalue weighted by molar-refractivity contribution is 9.10. The molecule has 0 spiro atoms. The van der Waals surface area contributed by atoms with E-state index < -0.39 is 5.97 Å². The Morgan fingerprint density at radius 2 is 2.05 bits per heavy atom. The van der Waals surface area contributed by atoms with Gasteiger partial charge in [-0.2, -0.15) is 5.10 Å². The van der Waals surface area contributed by atoms with E-state index in [0.717, 1.165) is 15.6 Å². The van der Waals surface area contributed by atoms with Gasteiger partial charge in [-0.15, -0.1) is 0 Å². The van der Waals surface area contributed by atoms with Crippen molar-refractivity contribution in [2.75, 3.05) is 14.2 Å². The normalized spacial score (nSPS) is 10.6. The summed E-state index contributed by atoms with van der Waals surface area (Å²) in [5.74, 6) is 0.202. The summed E-state index contributed by atoms with van der Waals surface area (Å²) in [6.07, 6.45) is 0.696. The van der Waals surface area contributed by atoms with Crippen LogP contribution in [0.2, 0.25) is 0 Å². The summed E-state index contributed by atoms with van der Waals surface area (Å²) in [4.78, 5) is 11.1. The average molecular weight is 369 g/mol. The number of rotatable bonds is 5. The van der Waals surface area contributed by atoms with Crippen LogP contribution in [0.4, 0.5) is 0 Å². The highest BCUT2D eigenvalue weighted by Crippen LogP contribution is 2.43. The molecule has 0 fully saturated rings. The van der Waals surface area contributed by atoms with Gasteiger partial charge in [0.05, 0.1) is 19.9 Å². The summed E-state index contributed by atoms with van der Waals surface area (Å²) in [6.45, 7) is 2.00. The Morgan fingerprint density at radius 1 is 1.36 bits per heavy atom. The molecule has 2 aromatic rings. The standard InChI is InChI=1S/C15H17BrN2O4/c1-5-8-13(9(16)6-12(21-3)14(8)22-4)11-7-10(15(19)20)17-18(11)2/h6-7H,5H2,1-4H3,(H,19,20). The van der Waals surface area contributed by atoms with Crippen molar-refractivity contribution in [1.82, 2.24) is 9.78 Å². The van der Waals surface area contributed by atoms with Crippen LogP contribution in [0.15, 0.2) is 16.6 Å². The maximum atomic E-state index is 11.1. The molecule has 0 aliphatic carbocycles. The number of ether oxygens (including phenoxy) is 2. The Bertz CT molecular complexity index is 725. The fourth-order valence-electron chi connectivity index (χ4n) is 2.45. The van der Waals surface area contributed by atoms with Crippen molar-refractivity contribution in [2.45, 2.75) is 13.3 Å². The van der Waals surface area contributed by atoms with Gasteiger partial charge in [0, 0.05) is 22.6 Å². The number of nitrogens with zero attached hydrogens (tertiary/aromatic N) is 2. The van der Waals surface area contributed by atoms with Gasteiger partial charge in [-0.1, -0.05) is 6.92 Å². The number of halogens is 1. The number of carbonyl (C=O) groups is 1. The molecule has 22 heavy (non-hydrogen) atoms. The van der Waals surface area contributed by atoms with Crippen molar-refractivity contribution in [2.24, 2.45) is 7.05 Å². The average Bonchev–Trinajstić information content (AvgIpc) is 2.87. The molecule has 1 aromatic carbocycles. The van der Waals surface area contributed by atoms with Gasteiger partial charge in [-0.25, -0.2) is 4.79 Å². The second-order valence-electron chi connectivity index (χ2n) is 4.64. The second-order valence-corrected chi connectivity index (χ2v) is 5.50. The summed E-state index contributed by atoms with van der Waals surface area (Å²) in [5, 5.41) is 13.1. The lowest BCUT2D eigenvalue weighted by Gasteiger charge is -2.18. The predicted molar refractivity (Wildman–Crippen MR) is 85.8 cm³/mol. The zero-order chi connectivity index (χ0) is 16.4. The van der Waals surface area contributed by atoms with E-state index in [1.165, 1.54) is 0 Å². The SMILES string of the molecule is CCc1c(OC)c(OC)cc(Br)c1-c1cc(C(=O)O)nn1C. The van der Waals surface area contributed by atoms with Gasteiger partial charge < -0.3 is 14.6 Å². The van der Waals surface area contributed by atoms with Crippen molar-refractivity contribution >= 4 is 21.9 Å². The van der Waals surface area contributed by atoms with Crippen LogP contribution < -0.4 is 9.47 Å². The van der Waals surface area contributed by atoms with E-state index in [0.29, 0.717) is 23.6 Å². The van der Waals surface area contributed by atoms with Gasteiger partial charge in [-0.05, 0) is 34.5 Å². The van der Waals surface area contributed by atoms with Crippen LogP contribution >= 0.6 is 15.9 Å². The van der Waals surface area contributed by atoms with E-state index in [9.17, 15) is 4.79 Å². The number of aryl methyl sites for hydroxylation is 1. The first-order chi connectivity index (χ1) is 10.4. The van der Waals surface area contributed by atoms with E-state index in [4.69, 9.17) is 14.6 Å². The molecule has 118 valence electrons. The third-order valence-corrected chi connectivity index (χ3v) is 4.05. The predicted octanol–water partition coefficient (Wildman–Crippen LogP) is 3.13.